The molecule has 0 radical (unpaired) electrons. The summed E-state index contributed by atoms with van der Waals surface area (Å²) < 4.78 is 0. The Bertz CT molecular complexity index is 420. The molecule has 124 valence electrons. The van der Waals surface area contributed by atoms with E-state index in [-0.39, 0.29) is 6.04 Å². The fourth-order valence-electron chi connectivity index (χ4n) is 2.71. The summed E-state index contributed by atoms with van der Waals surface area (Å²) in [5, 5.41) is 10.7. The van der Waals surface area contributed by atoms with E-state index in [0.29, 0.717) is 5.92 Å². The summed E-state index contributed by atoms with van der Waals surface area (Å²) in [4.78, 5) is 0. The third-order valence-electron chi connectivity index (χ3n) is 4.25. The van der Waals surface area contributed by atoms with Crippen molar-refractivity contribution in [1.82, 2.24) is 10.3 Å². The summed E-state index contributed by atoms with van der Waals surface area (Å²) in [6.07, 6.45) is 11.6. The molecule has 1 aliphatic rings. The van der Waals surface area contributed by atoms with Crippen LogP contribution >= 0.6 is 0 Å². The lowest BCUT2D eigenvalue weighted by molar-refractivity contribution is 0.258. The number of hydrazone groups is 1. The van der Waals surface area contributed by atoms with E-state index in [1.807, 2.05) is 6.08 Å². The molecule has 0 aromatic heterocycles. The van der Waals surface area contributed by atoms with Gasteiger partial charge in [0.2, 0.25) is 0 Å². The van der Waals surface area contributed by atoms with Gasteiger partial charge in [0.1, 0.15) is 0 Å². The minimum atomic E-state index is 0.265. The number of nitrogens with one attached hydrogen (secondary N) is 1. The molecule has 0 spiro atoms. The highest BCUT2D eigenvalue weighted by atomic mass is 15.5. The summed E-state index contributed by atoms with van der Waals surface area (Å²) in [7, 11) is 0. The lowest BCUT2D eigenvalue weighted by Crippen LogP contribution is -2.31. The molecule has 1 fully saturated rings. The molecule has 1 N–H and O–H groups in total. The van der Waals surface area contributed by atoms with Gasteiger partial charge in [-0.15, -0.1) is 0 Å². The van der Waals surface area contributed by atoms with Crippen molar-refractivity contribution >= 4 is 5.71 Å². The highest BCUT2D eigenvalue weighted by molar-refractivity contribution is 5.86. The fraction of sp³-hybridized carbons (Fsp3) is 0.632. The lowest BCUT2D eigenvalue weighted by atomic mass is 10.0. The van der Waals surface area contributed by atoms with Crippen molar-refractivity contribution in [2.75, 3.05) is 19.6 Å². The zero-order chi connectivity index (χ0) is 16.4. The number of hydrogen-bond acceptors (Lipinski definition) is 3. The third-order valence-corrected chi connectivity index (χ3v) is 4.25. The average Bonchev–Trinajstić information content (AvgIpc) is 2.73. The number of hydrogen-bond donors (Lipinski definition) is 1. The van der Waals surface area contributed by atoms with Crippen LogP contribution in [-0.4, -0.2) is 36.4 Å². The Morgan fingerprint density at radius 3 is 2.86 bits per heavy atom. The van der Waals surface area contributed by atoms with Gasteiger partial charge in [-0.25, -0.2) is 0 Å². The van der Waals surface area contributed by atoms with Crippen LogP contribution in [0.2, 0.25) is 0 Å². The van der Waals surface area contributed by atoms with Gasteiger partial charge in [0.25, 0.3) is 0 Å². The van der Waals surface area contributed by atoms with Crippen molar-refractivity contribution in [3.05, 3.63) is 36.5 Å². The van der Waals surface area contributed by atoms with Crippen LogP contribution in [0, 0.1) is 5.92 Å². The molecule has 0 bridgehead atoms. The van der Waals surface area contributed by atoms with Crippen LogP contribution in [-0.2, 0) is 0 Å². The molecule has 0 aromatic rings. The second-order valence-electron chi connectivity index (χ2n) is 5.93. The van der Waals surface area contributed by atoms with Crippen LogP contribution in [0.3, 0.4) is 0 Å². The van der Waals surface area contributed by atoms with Crippen molar-refractivity contribution in [2.45, 2.75) is 53.0 Å². The predicted molar refractivity (Wildman–Crippen MR) is 98.3 cm³/mol. The van der Waals surface area contributed by atoms with Gasteiger partial charge in [0.15, 0.2) is 0 Å². The van der Waals surface area contributed by atoms with E-state index in [1.54, 1.807) is 0 Å². The lowest BCUT2D eigenvalue weighted by Gasteiger charge is -2.28. The molecule has 1 aliphatic heterocycles. The maximum atomic E-state index is 5.01. The second kappa shape index (κ2) is 10.4. The van der Waals surface area contributed by atoms with Gasteiger partial charge in [0.05, 0.1) is 6.04 Å². The van der Waals surface area contributed by atoms with Gasteiger partial charge in [-0.3, -0.25) is 5.01 Å². The van der Waals surface area contributed by atoms with Gasteiger partial charge >= 0.3 is 0 Å². The SMILES string of the molecule is C=C/C=C(\C=C/CC)C(C)N(CC)/N=C1/CCNCCC1C. The second-order valence-corrected chi connectivity index (χ2v) is 5.93. The third kappa shape index (κ3) is 5.80. The van der Waals surface area contributed by atoms with Crippen molar-refractivity contribution in [3.8, 4) is 0 Å². The molecule has 0 aromatic carbocycles. The highest BCUT2D eigenvalue weighted by Gasteiger charge is 2.18. The summed E-state index contributed by atoms with van der Waals surface area (Å²) in [5.41, 5.74) is 2.60. The molecule has 0 amide bonds. The molecule has 1 heterocycles. The number of nitrogens with zero attached hydrogens (tertiary/aromatic N) is 2. The molecule has 1 rings (SSSR count). The summed E-state index contributed by atoms with van der Waals surface area (Å²) >= 11 is 0. The monoisotopic (exact) mass is 303 g/mol. The molecule has 1 saturated heterocycles. The van der Waals surface area contributed by atoms with E-state index >= 15 is 0 Å². The molecule has 0 aliphatic carbocycles. The van der Waals surface area contributed by atoms with E-state index < -0.39 is 0 Å². The first-order chi connectivity index (χ1) is 10.6. The van der Waals surface area contributed by atoms with Crippen LogP contribution in [0.1, 0.15) is 47.0 Å². The minimum absolute atomic E-state index is 0.265. The largest absolute Gasteiger partial charge is 0.316 e. The number of rotatable bonds is 7. The van der Waals surface area contributed by atoms with Crippen molar-refractivity contribution in [1.29, 1.82) is 0 Å². The maximum Gasteiger partial charge on any atom is 0.0691 e. The van der Waals surface area contributed by atoms with Crippen LogP contribution in [0.15, 0.2) is 41.6 Å². The van der Waals surface area contributed by atoms with Gasteiger partial charge in [-0.2, -0.15) is 5.10 Å². The Kier molecular flexibility index (Phi) is 8.83. The van der Waals surface area contributed by atoms with Gasteiger partial charge in [-0.05, 0) is 44.7 Å². The Hall–Kier alpha value is -1.35. The van der Waals surface area contributed by atoms with Gasteiger partial charge in [0, 0.05) is 25.2 Å². The Balaban J connectivity index is 2.94. The normalized spacial score (nSPS) is 23.5. The quantitative estimate of drug-likeness (QED) is 0.565. The Morgan fingerprint density at radius 2 is 2.23 bits per heavy atom. The number of likely N-dealkylation sites (N-methyl/N-ethyl adjacent to an activating group) is 1. The van der Waals surface area contributed by atoms with Crippen LogP contribution in [0.25, 0.3) is 0 Å². The maximum absolute atomic E-state index is 5.01. The van der Waals surface area contributed by atoms with Crippen LogP contribution in [0.4, 0.5) is 0 Å². The van der Waals surface area contributed by atoms with Crippen LogP contribution < -0.4 is 5.32 Å². The molecular formula is C19H33N3. The van der Waals surface area contributed by atoms with E-state index in [2.05, 4.69) is 62.8 Å². The summed E-state index contributed by atoms with van der Waals surface area (Å²) in [5.74, 6) is 0.564. The molecular weight excluding hydrogens is 270 g/mol. The summed E-state index contributed by atoms with van der Waals surface area (Å²) in [6, 6.07) is 0.265. The van der Waals surface area contributed by atoms with Crippen LogP contribution in [0.5, 0.6) is 0 Å². The molecule has 3 heteroatoms. The minimum Gasteiger partial charge on any atom is -0.316 e. The zero-order valence-corrected chi connectivity index (χ0v) is 14.8. The topological polar surface area (TPSA) is 27.6 Å². The fourth-order valence-corrected chi connectivity index (χ4v) is 2.71. The van der Waals surface area contributed by atoms with E-state index in [4.69, 9.17) is 5.10 Å². The van der Waals surface area contributed by atoms with E-state index in [0.717, 1.165) is 32.5 Å². The van der Waals surface area contributed by atoms with E-state index in [1.165, 1.54) is 17.7 Å². The molecule has 3 nitrogen and oxygen atoms in total. The summed E-state index contributed by atoms with van der Waals surface area (Å²) in [6.45, 7) is 15.8. The highest BCUT2D eigenvalue weighted by Crippen LogP contribution is 2.17. The zero-order valence-electron chi connectivity index (χ0n) is 14.8. The molecule has 0 saturated carbocycles. The molecule has 2 unspecified atom stereocenters. The van der Waals surface area contributed by atoms with Crippen molar-refractivity contribution < 1.29 is 0 Å². The smallest absolute Gasteiger partial charge is 0.0691 e. The molecule has 2 atom stereocenters. The van der Waals surface area contributed by atoms with Gasteiger partial charge < -0.3 is 5.32 Å². The Labute approximate surface area is 136 Å². The Morgan fingerprint density at radius 1 is 1.45 bits per heavy atom. The standard InChI is InChI=1S/C19H33N3/c1-6-9-11-18(10-7-2)17(5)22(8-3)21-19-13-15-20-14-12-16(19)4/h7,9-11,16-17,20H,2,6,8,12-15H2,1,3-5H3/b11-9-,18-10+,21-19-. The average molecular weight is 303 g/mol. The first-order valence-corrected chi connectivity index (χ1v) is 8.67. The van der Waals surface area contributed by atoms with Crippen molar-refractivity contribution in [2.24, 2.45) is 11.0 Å². The predicted octanol–water partition coefficient (Wildman–Crippen LogP) is 4.15. The number of allylic oxidation sites excluding steroid dienone is 3. The van der Waals surface area contributed by atoms with Gasteiger partial charge in [-0.1, -0.05) is 44.7 Å². The van der Waals surface area contributed by atoms with Crippen molar-refractivity contribution in [3.63, 3.8) is 0 Å². The van der Waals surface area contributed by atoms with E-state index in [9.17, 15) is 0 Å². The molecule has 22 heavy (non-hydrogen) atoms. The first-order valence-electron chi connectivity index (χ1n) is 8.67. The first kappa shape index (κ1) is 18.7.